The fraction of sp³-hybridized carbons (Fsp3) is 0.451. The van der Waals surface area contributed by atoms with Gasteiger partial charge in [-0.1, -0.05) is 24.3 Å². The maximum Gasteiger partial charge on any atom is 0.420 e. The second-order valence-electron chi connectivity index (χ2n) is 19.0. The number of alkyl halides is 2. The zero-order chi connectivity index (χ0) is 48.6. The quantitative estimate of drug-likeness (QED) is 0.106. The lowest BCUT2D eigenvalue weighted by Gasteiger charge is -2.33. The largest absolute Gasteiger partial charge is 0.496 e. The molecule has 0 bridgehead atoms. The highest BCUT2D eigenvalue weighted by atomic mass is 19.3. The van der Waals surface area contributed by atoms with Crippen molar-refractivity contribution in [2.75, 3.05) is 33.2 Å². The number of carboxylic acid groups (broad SMARTS) is 1. The molecular formula is C51H60F2N8O7. The molecule has 0 aliphatic heterocycles. The van der Waals surface area contributed by atoms with Crippen LogP contribution in [-0.2, 0) is 22.6 Å². The van der Waals surface area contributed by atoms with Crippen molar-refractivity contribution in [2.45, 2.75) is 116 Å². The molecule has 15 nitrogen and oxygen atoms in total. The number of likely N-dealkylation sites (N-methyl/N-ethyl adjacent to an activating group) is 1. The van der Waals surface area contributed by atoms with Gasteiger partial charge in [0.1, 0.15) is 22.6 Å². The number of halogens is 2. The minimum absolute atomic E-state index is 0.0412. The summed E-state index contributed by atoms with van der Waals surface area (Å²) < 4.78 is 49.2. The number of ether oxygens (including phenoxy) is 3. The van der Waals surface area contributed by atoms with Crippen LogP contribution in [0.1, 0.15) is 94.7 Å². The van der Waals surface area contributed by atoms with E-state index in [-0.39, 0.29) is 41.0 Å². The van der Waals surface area contributed by atoms with Gasteiger partial charge in [0.25, 0.3) is 6.43 Å². The molecule has 68 heavy (non-hydrogen) atoms. The number of anilines is 2. The summed E-state index contributed by atoms with van der Waals surface area (Å²) in [6.07, 6.45) is 4.39. The molecule has 2 atom stereocenters. The lowest BCUT2D eigenvalue weighted by atomic mass is 9.85. The highest BCUT2D eigenvalue weighted by molar-refractivity contribution is 6.05. The van der Waals surface area contributed by atoms with Crippen LogP contribution in [0, 0.1) is 12.8 Å². The van der Waals surface area contributed by atoms with Gasteiger partial charge in [0.05, 0.1) is 60.4 Å². The number of carbonyl (C=O) groups is 2. The summed E-state index contributed by atoms with van der Waals surface area (Å²) in [6.45, 7) is 7.95. The molecule has 6 aromatic rings. The molecule has 2 aliphatic rings. The second kappa shape index (κ2) is 19.7. The van der Waals surface area contributed by atoms with Crippen LogP contribution in [0.25, 0.3) is 38.8 Å². The van der Waals surface area contributed by atoms with Crippen molar-refractivity contribution in [1.29, 1.82) is 0 Å². The second-order valence-corrected chi connectivity index (χ2v) is 19.0. The number of amides is 1. The Morgan fingerprint density at radius 3 is 2.21 bits per heavy atom. The summed E-state index contributed by atoms with van der Waals surface area (Å²) >= 11 is 0. The maximum atomic E-state index is 14.8. The predicted molar refractivity (Wildman–Crippen MR) is 255 cm³/mol. The molecule has 2 saturated carbocycles. The monoisotopic (exact) mass is 934 g/mol. The van der Waals surface area contributed by atoms with E-state index in [1.54, 1.807) is 65.6 Å². The van der Waals surface area contributed by atoms with E-state index >= 15 is 0 Å². The molecular weight excluding hydrogens is 875 g/mol. The van der Waals surface area contributed by atoms with Gasteiger partial charge in [-0.25, -0.2) is 33.1 Å². The lowest BCUT2D eigenvalue weighted by molar-refractivity contribution is -0.143. The fourth-order valence-electron chi connectivity index (χ4n) is 9.89. The lowest BCUT2D eigenvalue weighted by Crippen LogP contribution is -2.37. The highest BCUT2D eigenvalue weighted by Crippen LogP contribution is 2.41. The van der Waals surface area contributed by atoms with Crippen molar-refractivity contribution in [3.8, 4) is 28.3 Å². The Kier molecular flexibility index (Phi) is 14.0. The maximum absolute atomic E-state index is 14.8. The number of aliphatic carboxylic acids is 1. The molecule has 3 heterocycles. The Bertz CT molecular complexity index is 2800. The van der Waals surface area contributed by atoms with E-state index < -0.39 is 29.9 Å². The summed E-state index contributed by atoms with van der Waals surface area (Å²) in [4.78, 5) is 44.8. The molecule has 2 fully saturated rings. The van der Waals surface area contributed by atoms with E-state index in [0.717, 1.165) is 59.7 Å². The number of fused-ring (bicyclic) bond motifs is 2. The molecule has 8 rings (SSSR count). The molecule has 2 aliphatic carbocycles. The topological polar surface area (TPSA) is 168 Å². The molecule has 2 N–H and O–H groups in total. The van der Waals surface area contributed by atoms with Crippen LogP contribution in [0.4, 0.5) is 25.1 Å². The molecule has 0 spiro atoms. The Morgan fingerprint density at radius 2 is 1.57 bits per heavy atom. The van der Waals surface area contributed by atoms with Crippen LogP contribution in [0.15, 0.2) is 67.0 Å². The number of methoxy groups -OCH3 is 2. The van der Waals surface area contributed by atoms with Crippen molar-refractivity contribution in [3.63, 3.8) is 0 Å². The minimum atomic E-state index is -3.07. The summed E-state index contributed by atoms with van der Waals surface area (Å²) in [5, 5.41) is 25.7. The zero-order valence-electron chi connectivity index (χ0n) is 39.9. The van der Waals surface area contributed by atoms with Crippen molar-refractivity contribution in [2.24, 2.45) is 5.92 Å². The Hall–Kier alpha value is -6.30. The fourth-order valence-corrected chi connectivity index (χ4v) is 9.89. The van der Waals surface area contributed by atoms with Gasteiger partial charge in [0, 0.05) is 48.9 Å². The van der Waals surface area contributed by atoms with Crippen molar-refractivity contribution < 1.29 is 42.8 Å². The number of benzene rings is 3. The number of hydrogen-bond acceptors (Lipinski definition) is 12. The molecule has 360 valence electrons. The number of rotatable bonds is 14. The molecule has 0 unspecified atom stereocenters. The summed E-state index contributed by atoms with van der Waals surface area (Å²) in [6, 6.07) is 17.0. The first kappa shape index (κ1) is 48.2. The molecule has 1 amide bonds. The Labute approximate surface area is 394 Å². The third-order valence-corrected chi connectivity index (χ3v) is 13.4. The standard InChI is InChI=1S/C51H60F2N8O7/c1-29-34(35-13-10-15-40-36(35)26-55-61(40)33-23-43(66-7)37(44(24-33)67-8)28-59(6)41-16-11-17-42(41)62)12-9-14-39(29)60(50(65)68-51(2,3)4)48-45-38(56-47(57-48)46(52)53)22-30(25-54-45)27-58(5)32-20-18-31(19-21-32)49(63)64/h9-10,12-15,22-26,31-32,41-42,46,62H,11,16-21,27-28H2,1-8H3,(H,63,64)/t31?,32?,41-,42+/m1/s1. The number of carbonyl (C=O) groups excluding carboxylic acids is 1. The van der Waals surface area contributed by atoms with Crippen molar-refractivity contribution >= 4 is 45.5 Å². The number of aliphatic hydroxyl groups is 1. The van der Waals surface area contributed by atoms with E-state index in [1.807, 2.05) is 62.1 Å². The van der Waals surface area contributed by atoms with Gasteiger partial charge < -0.3 is 24.4 Å². The average Bonchev–Trinajstić information content (AvgIpc) is 3.95. The SMILES string of the molecule is COc1cc(-n2ncc3c(-c4cccc(N(C(=O)OC(C)(C)C)c5nc(C(F)F)nc6cc(CN(C)C7CCC(C(=O)O)CC7)cnc56)c4C)cccc32)cc(OC)c1CN(C)[C@@H]1CCC[C@@H]1O. The van der Waals surface area contributed by atoms with Crippen LogP contribution in [0.3, 0.4) is 0 Å². The number of pyridine rings is 1. The van der Waals surface area contributed by atoms with Crippen LogP contribution < -0.4 is 14.4 Å². The van der Waals surface area contributed by atoms with E-state index in [0.29, 0.717) is 59.9 Å². The smallest absolute Gasteiger partial charge is 0.420 e. The number of nitrogens with zero attached hydrogens (tertiary/aromatic N) is 8. The summed E-state index contributed by atoms with van der Waals surface area (Å²) in [5.41, 5.74) is 4.84. The third kappa shape index (κ3) is 9.82. The predicted octanol–water partition coefficient (Wildman–Crippen LogP) is 9.79. The van der Waals surface area contributed by atoms with Gasteiger partial charge >= 0.3 is 12.1 Å². The van der Waals surface area contributed by atoms with Gasteiger partial charge in [-0.2, -0.15) is 5.10 Å². The number of aromatic nitrogens is 5. The molecule has 0 radical (unpaired) electrons. The molecule has 0 saturated heterocycles. The Morgan fingerprint density at radius 1 is 0.882 bits per heavy atom. The average molecular weight is 935 g/mol. The molecule has 3 aromatic carbocycles. The van der Waals surface area contributed by atoms with Crippen molar-refractivity contribution in [1.82, 2.24) is 34.5 Å². The van der Waals surface area contributed by atoms with Crippen LogP contribution in [-0.4, -0.2) is 109 Å². The molecule has 3 aromatic heterocycles. The van der Waals surface area contributed by atoms with Gasteiger partial charge in [0.2, 0.25) is 0 Å². The summed E-state index contributed by atoms with van der Waals surface area (Å²) in [7, 11) is 7.19. The van der Waals surface area contributed by atoms with Gasteiger partial charge in [-0.3, -0.25) is 19.6 Å². The van der Waals surface area contributed by atoms with Gasteiger partial charge in [-0.05, 0) is 127 Å². The first-order valence-corrected chi connectivity index (χ1v) is 23.1. The van der Waals surface area contributed by atoms with Crippen LogP contribution >= 0.6 is 0 Å². The Balaban J connectivity index is 1.18. The van der Waals surface area contributed by atoms with E-state index in [9.17, 15) is 28.6 Å². The molecule has 17 heteroatoms. The first-order valence-electron chi connectivity index (χ1n) is 23.1. The minimum Gasteiger partial charge on any atom is -0.496 e. The number of carboxylic acids is 1. The first-order chi connectivity index (χ1) is 32.5. The number of hydrogen-bond donors (Lipinski definition) is 2. The normalized spacial score (nSPS) is 18.8. The van der Waals surface area contributed by atoms with Crippen LogP contribution in [0.5, 0.6) is 11.5 Å². The van der Waals surface area contributed by atoms with E-state index in [4.69, 9.17) is 24.3 Å². The zero-order valence-corrected chi connectivity index (χ0v) is 39.9. The van der Waals surface area contributed by atoms with E-state index in [1.165, 1.54) is 4.90 Å². The summed E-state index contributed by atoms with van der Waals surface area (Å²) in [5.74, 6) is -0.819. The third-order valence-electron chi connectivity index (χ3n) is 13.4. The van der Waals surface area contributed by atoms with Crippen LogP contribution in [0.2, 0.25) is 0 Å². The number of aliphatic hydroxyl groups excluding tert-OH is 1. The van der Waals surface area contributed by atoms with Gasteiger partial charge in [-0.15, -0.1) is 0 Å². The van der Waals surface area contributed by atoms with Crippen molar-refractivity contribution in [3.05, 3.63) is 89.5 Å². The van der Waals surface area contributed by atoms with E-state index in [2.05, 4.69) is 19.8 Å². The van der Waals surface area contributed by atoms with Gasteiger partial charge in [0.15, 0.2) is 11.6 Å². The highest BCUT2D eigenvalue weighted by Gasteiger charge is 2.34.